The Morgan fingerprint density at radius 3 is 2.38 bits per heavy atom. The van der Waals surface area contributed by atoms with E-state index in [4.69, 9.17) is 16.7 Å². The molecule has 1 aliphatic carbocycles. The van der Waals surface area contributed by atoms with Gasteiger partial charge in [0.1, 0.15) is 11.7 Å². The number of rotatable bonds is 9. The molecule has 10 heteroatoms. The van der Waals surface area contributed by atoms with Crippen molar-refractivity contribution in [2.24, 2.45) is 0 Å². The molecular weight excluding hydrogens is 368 g/mol. The fraction of sp³-hybridized carbons (Fsp3) is 0.688. The van der Waals surface area contributed by atoms with Crippen LogP contribution in [0.25, 0.3) is 0 Å². The minimum Gasteiger partial charge on any atom is -0.394 e. The van der Waals surface area contributed by atoms with Crippen molar-refractivity contribution in [1.82, 2.24) is 10.2 Å². The standard InChI is InChI=1S/C16H23ClN2O7/c17-8-16(26,12(22)7-20)6-11(21)5-13(23)18-9-3-10(4-9)19-14(24)1-2-15(19)25/h1-2,9-12,20-22,26H,3-8H2,(H,18,23)/t9-,10-,11?,12-,16-/m1/s1. The van der Waals surface area contributed by atoms with Crippen molar-refractivity contribution < 1.29 is 34.8 Å². The summed E-state index contributed by atoms with van der Waals surface area (Å²) < 4.78 is 0. The average Bonchev–Trinajstić information content (AvgIpc) is 2.88. The molecule has 3 atom stereocenters. The van der Waals surface area contributed by atoms with E-state index in [1.54, 1.807) is 0 Å². The van der Waals surface area contributed by atoms with E-state index in [0.29, 0.717) is 12.8 Å². The molecule has 0 saturated heterocycles. The molecule has 1 unspecified atom stereocenters. The number of amides is 3. The summed E-state index contributed by atoms with van der Waals surface area (Å²) in [6.07, 6.45) is -0.183. The molecule has 2 rings (SSSR count). The number of aliphatic hydroxyl groups excluding tert-OH is 3. The minimum atomic E-state index is -1.90. The van der Waals surface area contributed by atoms with Gasteiger partial charge in [0.15, 0.2) is 0 Å². The van der Waals surface area contributed by atoms with Gasteiger partial charge >= 0.3 is 0 Å². The van der Waals surface area contributed by atoms with E-state index in [2.05, 4.69) is 5.32 Å². The summed E-state index contributed by atoms with van der Waals surface area (Å²) in [4.78, 5) is 36.2. The molecule has 146 valence electrons. The largest absolute Gasteiger partial charge is 0.394 e. The molecule has 2 aliphatic rings. The normalized spacial score (nSPS) is 27.0. The number of hydrogen-bond donors (Lipinski definition) is 5. The zero-order valence-corrected chi connectivity index (χ0v) is 14.8. The second-order valence-electron chi connectivity index (χ2n) is 6.77. The molecule has 1 heterocycles. The lowest BCUT2D eigenvalue weighted by atomic mass is 9.85. The third-order valence-electron chi connectivity index (χ3n) is 4.72. The third kappa shape index (κ3) is 4.60. The summed E-state index contributed by atoms with van der Waals surface area (Å²) in [5.74, 6) is -1.59. The van der Waals surface area contributed by atoms with E-state index < -0.39 is 36.2 Å². The Morgan fingerprint density at radius 2 is 1.88 bits per heavy atom. The predicted molar refractivity (Wildman–Crippen MR) is 89.9 cm³/mol. The van der Waals surface area contributed by atoms with Crippen LogP contribution in [0.4, 0.5) is 0 Å². The molecule has 3 amide bonds. The van der Waals surface area contributed by atoms with Gasteiger partial charge in [0.2, 0.25) is 5.91 Å². The molecule has 0 radical (unpaired) electrons. The maximum absolute atomic E-state index is 12.0. The van der Waals surface area contributed by atoms with Gasteiger partial charge in [-0.15, -0.1) is 11.6 Å². The van der Waals surface area contributed by atoms with E-state index in [9.17, 15) is 29.7 Å². The van der Waals surface area contributed by atoms with Crippen LogP contribution < -0.4 is 5.32 Å². The van der Waals surface area contributed by atoms with Gasteiger partial charge in [0.25, 0.3) is 11.8 Å². The Balaban J connectivity index is 1.74. The molecular formula is C16H23ClN2O7. The number of imide groups is 1. The molecule has 0 spiro atoms. The van der Waals surface area contributed by atoms with Crippen LogP contribution in [0.3, 0.4) is 0 Å². The topological polar surface area (TPSA) is 147 Å². The molecule has 0 aromatic heterocycles. The summed E-state index contributed by atoms with van der Waals surface area (Å²) in [7, 11) is 0. The first-order valence-electron chi connectivity index (χ1n) is 8.30. The Bertz CT molecular complexity index is 575. The predicted octanol–water partition coefficient (Wildman–Crippen LogP) is -1.98. The van der Waals surface area contributed by atoms with Gasteiger partial charge in [-0.25, -0.2) is 0 Å². The number of halogens is 1. The van der Waals surface area contributed by atoms with E-state index in [1.165, 1.54) is 12.2 Å². The monoisotopic (exact) mass is 390 g/mol. The second-order valence-corrected chi connectivity index (χ2v) is 7.03. The maximum atomic E-state index is 12.0. The SMILES string of the molecule is O=C(CC(O)C[C@@](O)(CCl)[C@H](O)CO)N[C@H]1C[C@H](N2C(=O)C=CC2=O)C1. The highest BCUT2D eigenvalue weighted by Gasteiger charge is 2.41. The molecule has 1 aliphatic heterocycles. The number of hydrogen-bond acceptors (Lipinski definition) is 7. The minimum absolute atomic E-state index is 0.212. The van der Waals surface area contributed by atoms with Gasteiger partial charge in [-0.3, -0.25) is 19.3 Å². The van der Waals surface area contributed by atoms with E-state index in [1.807, 2.05) is 0 Å². The lowest BCUT2D eigenvalue weighted by Gasteiger charge is -2.40. The Morgan fingerprint density at radius 1 is 1.31 bits per heavy atom. The second kappa shape index (κ2) is 8.45. The van der Waals surface area contributed by atoms with Gasteiger partial charge in [0.05, 0.1) is 25.0 Å². The first-order chi connectivity index (χ1) is 12.2. The van der Waals surface area contributed by atoms with Crippen LogP contribution in [-0.2, 0) is 14.4 Å². The summed E-state index contributed by atoms with van der Waals surface area (Å²) in [5.41, 5.74) is -1.90. The van der Waals surface area contributed by atoms with Gasteiger partial charge in [-0.2, -0.15) is 0 Å². The fourth-order valence-corrected chi connectivity index (χ4v) is 3.41. The highest BCUT2D eigenvalue weighted by molar-refractivity contribution is 6.18. The van der Waals surface area contributed by atoms with Crippen LogP contribution in [0.5, 0.6) is 0 Å². The zero-order valence-electron chi connectivity index (χ0n) is 14.0. The summed E-state index contributed by atoms with van der Waals surface area (Å²) >= 11 is 5.58. The fourth-order valence-electron chi connectivity index (χ4n) is 3.12. The van der Waals surface area contributed by atoms with Crippen LogP contribution in [0.1, 0.15) is 25.7 Å². The number of nitrogens with zero attached hydrogens (tertiary/aromatic N) is 1. The number of alkyl halides is 1. The summed E-state index contributed by atoms with van der Waals surface area (Å²) in [5, 5.41) is 41.2. The van der Waals surface area contributed by atoms with Crippen LogP contribution in [0.2, 0.25) is 0 Å². The van der Waals surface area contributed by atoms with Gasteiger partial charge < -0.3 is 25.7 Å². The van der Waals surface area contributed by atoms with Crippen molar-refractivity contribution in [3.05, 3.63) is 12.2 Å². The highest BCUT2D eigenvalue weighted by atomic mass is 35.5. The first kappa shape index (κ1) is 20.8. The van der Waals surface area contributed by atoms with Crippen LogP contribution in [0.15, 0.2) is 12.2 Å². The summed E-state index contributed by atoms with van der Waals surface area (Å²) in [6, 6.07) is -0.461. The molecule has 0 aromatic rings. The van der Waals surface area contributed by atoms with Gasteiger partial charge in [-0.1, -0.05) is 0 Å². The van der Waals surface area contributed by atoms with Crippen molar-refractivity contribution in [1.29, 1.82) is 0 Å². The molecule has 0 aromatic carbocycles. The Kier molecular flexibility index (Phi) is 6.75. The third-order valence-corrected chi connectivity index (χ3v) is 5.18. The number of carbonyl (C=O) groups is 3. The molecule has 5 N–H and O–H groups in total. The number of nitrogens with one attached hydrogen (secondary N) is 1. The van der Waals surface area contributed by atoms with E-state index >= 15 is 0 Å². The maximum Gasteiger partial charge on any atom is 0.253 e. The lowest BCUT2D eigenvalue weighted by Crippen LogP contribution is -2.56. The zero-order chi connectivity index (χ0) is 19.5. The lowest BCUT2D eigenvalue weighted by molar-refractivity contribution is -0.142. The Hall–Kier alpha value is -1.52. The van der Waals surface area contributed by atoms with Crippen molar-refractivity contribution >= 4 is 29.3 Å². The van der Waals surface area contributed by atoms with Crippen molar-refractivity contribution in [2.45, 2.75) is 55.6 Å². The van der Waals surface area contributed by atoms with E-state index in [0.717, 1.165) is 4.90 Å². The van der Waals surface area contributed by atoms with Crippen LogP contribution in [0, 0.1) is 0 Å². The quantitative estimate of drug-likeness (QED) is 0.226. The highest BCUT2D eigenvalue weighted by Crippen LogP contribution is 2.28. The van der Waals surface area contributed by atoms with Crippen molar-refractivity contribution in [3.8, 4) is 0 Å². The van der Waals surface area contributed by atoms with Gasteiger partial charge in [0, 0.05) is 30.7 Å². The van der Waals surface area contributed by atoms with Crippen LogP contribution in [-0.4, -0.2) is 85.4 Å². The molecule has 1 saturated carbocycles. The van der Waals surface area contributed by atoms with Gasteiger partial charge in [-0.05, 0) is 12.8 Å². The molecule has 0 bridgehead atoms. The smallest absolute Gasteiger partial charge is 0.253 e. The first-order valence-corrected chi connectivity index (χ1v) is 8.83. The number of aliphatic hydroxyl groups is 4. The molecule has 26 heavy (non-hydrogen) atoms. The number of carbonyl (C=O) groups excluding carboxylic acids is 3. The average molecular weight is 391 g/mol. The van der Waals surface area contributed by atoms with E-state index in [-0.39, 0.29) is 36.7 Å². The van der Waals surface area contributed by atoms with Crippen LogP contribution >= 0.6 is 11.6 Å². The molecule has 1 fully saturated rings. The Labute approximate surface area is 155 Å². The summed E-state index contributed by atoms with van der Waals surface area (Å²) in [6.45, 7) is -0.728. The van der Waals surface area contributed by atoms with Crippen molar-refractivity contribution in [3.63, 3.8) is 0 Å². The van der Waals surface area contributed by atoms with Crippen molar-refractivity contribution in [2.75, 3.05) is 12.5 Å². The molecule has 9 nitrogen and oxygen atoms in total.